The average molecular weight is 271 g/mol. The Morgan fingerprint density at radius 1 is 1.00 bits per heavy atom. The summed E-state index contributed by atoms with van der Waals surface area (Å²) in [6, 6.07) is 0. The number of rotatable bonds is 7. The van der Waals surface area contributed by atoms with Gasteiger partial charge in [0.15, 0.2) is 5.16 Å². The van der Waals surface area contributed by atoms with Crippen LogP contribution in [0.4, 0.5) is 11.9 Å². The van der Waals surface area contributed by atoms with Crippen LogP contribution in [0.1, 0.15) is 13.8 Å². The van der Waals surface area contributed by atoms with Crippen molar-refractivity contribution in [2.75, 3.05) is 29.4 Å². The molecule has 98 valence electrons. The van der Waals surface area contributed by atoms with Crippen LogP contribution in [0.5, 0.6) is 0 Å². The molecule has 0 fully saturated rings. The second kappa shape index (κ2) is 6.79. The normalized spacial score (nSPS) is 9.94. The van der Waals surface area contributed by atoms with Gasteiger partial charge < -0.3 is 0 Å². The third-order valence-electron chi connectivity index (χ3n) is 2.03. The lowest BCUT2D eigenvalue weighted by Gasteiger charge is -2.15. The molecule has 0 bridgehead atoms. The Morgan fingerprint density at radius 2 is 1.44 bits per heavy atom. The molecule has 18 heavy (non-hydrogen) atoms. The van der Waals surface area contributed by atoms with Gasteiger partial charge in [0.05, 0.1) is 10.6 Å². The minimum atomic E-state index is 0.101. The Bertz CT molecular complexity index is 396. The van der Waals surface area contributed by atoms with E-state index in [9.17, 15) is 9.81 Å². The summed E-state index contributed by atoms with van der Waals surface area (Å²) >= 11 is 1.27. The zero-order valence-corrected chi connectivity index (χ0v) is 11.1. The van der Waals surface area contributed by atoms with Crippen molar-refractivity contribution in [3.63, 3.8) is 0 Å². The van der Waals surface area contributed by atoms with E-state index in [1.807, 2.05) is 0 Å². The average Bonchev–Trinajstić information content (AvgIpc) is 2.41. The molecule has 0 N–H and O–H groups in total. The quantitative estimate of drug-likeness (QED) is 0.418. The van der Waals surface area contributed by atoms with Crippen molar-refractivity contribution >= 4 is 23.7 Å². The van der Waals surface area contributed by atoms with E-state index in [0.717, 1.165) is 10.0 Å². The van der Waals surface area contributed by atoms with Crippen LogP contribution in [0, 0.1) is 9.81 Å². The number of hydrogen-bond acceptors (Lipinski definition) is 8. The van der Waals surface area contributed by atoms with E-state index in [1.165, 1.54) is 11.8 Å². The predicted molar refractivity (Wildman–Crippen MR) is 69.2 cm³/mol. The summed E-state index contributed by atoms with van der Waals surface area (Å²) in [4.78, 5) is 33.3. The molecule has 9 nitrogen and oxygen atoms in total. The van der Waals surface area contributed by atoms with E-state index in [1.54, 1.807) is 20.1 Å². The fourth-order valence-electron chi connectivity index (χ4n) is 1.13. The van der Waals surface area contributed by atoms with Crippen LogP contribution in [-0.4, -0.2) is 34.3 Å². The monoisotopic (exact) mass is 271 g/mol. The van der Waals surface area contributed by atoms with E-state index in [4.69, 9.17) is 0 Å². The second-order valence-electron chi connectivity index (χ2n) is 3.02. The third kappa shape index (κ3) is 3.09. The minimum Gasteiger partial charge on any atom is -0.195 e. The lowest BCUT2D eigenvalue weighted by atomic mass is 10.6. The SMILES string of the molecule is CCN(N=O)c1nc(SC)nc(N(CC)N=O)n1. The van der Waals surface area contributed by atoms with Crippen LogP contribution in [0.3, 0.4) is 0 Å². The lowest BCUT2D eigenvalue weighted by Crippen LogP contribution is -2.22. The molecular weight excluding hydrogens is 258 g/mol. The van der Waals surface area contributed by atoms with Gasteiger partial charge in [0, 0.05) is 13.1 Å². The summed E-state index contributed by atoms with van der Waals surface area (Å²) < 4.78 is 0. The number of hydrogen-bond donors (Lipinski definition) is 0. The summed E-state index contributed by atoms with van der Waals surface area (Å²) in [5.74, 6) is 0.202. The van der Waals surface area contributed by atoms with Crippen molar-refractivity contribution in [3.05, 3.63) is 9.81 Å². The molecule has 0 aliphatic rings. The van der Waals surface area contributed by atoms with Crippen LogP contribution >= 0.6 is 11.8 Å². The molecule has 0 unspecified atom stereocenters. The Hall–Kier alpha value is -1.84. The molecule has 0 saturated heterocycles. The number of nitrogens with zero attached hydrogens (tertiary/aromatic N) is 7. The van der Waals surface area contributed by atoms with Gasteiger partial charge in [0.1, 0.15) is 0 Å². The minimum absolute atomic E-state index is 0.101. The first-order chi connectivity index (χ1) is 8.69. The molecule has 10 heteroatoms. The predicted octanol–water partition coefficient (Wildman–Crippen LogP) is 1.61. The van der Waals surface area contributed by atoms with Crippen molar-refractivity contribution in [3.8, 4) is 0 Å². The third-order valence-corrected chi connectivity index (χ3v) is 2.58. The number of aromatic nitrogens is 3. The van der Waals surface area contributed by atoms with Crippen LogP contribution in [0.25, 0.3) is 0 Å². The summed E-state index contributed by atoms with van der Waals surface area (Å²) in [5.41, 5.74) is 0. The van der Waals surface area contributed by atoms with Crippen LogP contribution < -0.4 is 10.0 Å². The molecule has 0 atom stereocenters. The van der Waals surface area contributed by atoms with Gasteiger partial charge >= 0.3 is 0 Å². The van der Waals surface area contributed by atoms with Crippen molar-refractivity contribution < 1.29 is 0 Å². The van der Waals surface area contributed by atoms with E-state index in [0.29, 0.717) is 18.2 Å². The van der Waals surface area contributed by atoms with E-state index in [-0.39, 0.29) is 11.9 Å². The van der Waals surface area contributed by atoms with Gasteiger partial charge in [-0.2, -0.15) is 25.0 Å². The molecule has 0 aliphatic heterocycles. The van der Waals surface area contributed by atoms with Gasteiger partial charge in [-0.25, -0.2) is 0 Å². The van der Waals surface area contributed by atoms with Gasteiger partial charge in [-0.15, -0.1) is 9.81 Å². The Balaban J connectivity index is 3.23. The number of anilines is 2. The van der Waals surface area contributed by atoms with Crippen molar-refractivity contribution in [2.45, 2.75) is 19.0 Å². The Morgan fingerprint density at radius 3 is 1.72 bits per heavy atom. The van der Waals surface area contributed by atoms with Gasteiger partial charge in [0.2, 0.25) is 0 Å². The molecule has 0 amide bonds. The molecule has 1 aromatic rings. The topological polar surface area (TPSA) is 104 Å². The first-order valence-corrected chi connectivity index (χ1v) is 6.44. The van der Waals surface area contributed by atoms with Crippen LogP contribution in [-0.2, 0) is 0 Å². The maximum absolute atomic E-state index is 10.6. The van der Waals surface area contributed by atoms with Crippen LogP contribution in [0.2, 0.25) is 0 Å². The molecule has 0 aliphatic carbocycles. The molecular formula is C8H13N7O2S. The summed E-state index contributed by atoms with van der Waals surface area (Å²) in [5, 5.41) is 8.13. The van der Waals surface area contributed by atoms with Crippen LogP contribution in [0.15, 0.2) is 15.7 Å². The second-order valence-corrected chi connectivity index (χ2v) is 3.79. The smallest absolute Gasteiger partial charge is 0.195 e. The van der Waals surface area contributed by atoms with E-state index >= 15 is 0 Å². The van der Waals surface area contributed by atoms with Crippen molar-refractivity contribution in [2.24, 2.45) is 10.6 Å². The zero-order chi connectivity index (χ0) is 13.5. The molecule has 0 saturated carbocycles. The maximum Gasteiger partial charge on any atom is 0.254 e. The lowest BCUT2D eigenvalue weighted by molar-refractivity contribution is 0.753. The van der Waals surface area contributed by atoms with E-state index < -0.39 is 0 Å². The summed E-state index contributed by atoms with van der Waals surface area (Å²) in [7, 11) is 0. The zero-order valence-electron chi connectivity index (χ0n) is 10.3. The standard InChI is InChI=1S/C8H13N7O2S/c1-4-14(12-16)6-9-7(15(5-2)13-17)11-8(10-6)18-3/h4-5H2,1-3H3. The highest BCUT2D eigenvalue weighted by atomic mass is 32.2. The molecule has 1 heterocycles. The van der Waals surface area contributed by atoms with Gasteiger partial charge in [-0.3, -0.25) is 0 Å². The van der Waals surface area contributed by atoms with Gasteiger partial charge in [-0.05, 0) is 20.1 Å². The fourth-order valence-corrected chi connectivity index (χ4v) is 1.47. The Labute approximate surface area is 108 Å². The Kier molecular flexibility index (Phi) is 5.36. The summed E-state index contributed by atoms with van der Waals surface area (Å²) in [6.07, 6.45) is 1.78. The highest BCUT2D eigenvalue weighted by Crippen LogP contribution is 2.19. The van der Waals surface area contributed by atoms with Crippen molar-refractivity contribution in [1.82, 2.24) is 15.0 Å². The van der Waals surface area contributed by atoms with Gasteiger partial charge in [-0.1, -0.05) is 11.8 Å². The fraction of sp³-hybridized carbons (Fsp3) is 0.625. The molecule has 0 spiro atoms. The molecule has 0 aromatic carbocycles. The largest absolute Gasteiger partial charge is 0.254 e. The van der Waals surface area contributed by atoms with Gasteiger partial charge in [0.25, 0.3) is 11.9 Å². The number of thioether (sulfide) groups is 1. The van der Waals surface area contributed by atoms with Crippen molar-refractivity contribution in [1.29, 1.82) is 0 Å². The summed E-state index contributed by atoms with van der Waals surface area (Å²) in [6.45, 7) is 4.11. The molecule has 0 radical (unpaired) electrons. The molecule has 1 aromatic heterocycles. The first-order valence-electron chi connectivity index (χ1n) is 5.21. The van der Waals surface area contributed by atoms with E-state index in [2.05, 4.69) is 25.5 Å². The highest BCUT2D eigenvalue weighted by molar-refractivity contribution is 7.98. The number of nitroso groups, excluding NO2 is 2. The highest BCUT2D eigenvalue weighted by Gasteiger charge is 2.16. The maximum atomic E-state index is 10.6. The first kappa shape index (κ1) is 14.2. The molecule has 1 rings (SSSR count).